The molecule has 1 aromatic carbocycles. The second-order valence-corrected chi connectivity index (χ2v) is 6.94. The molecule has 1 atom stereocenters. The first kappa shape index (κ1) is 17.3. The number of hydrogen-bond donors (Lipinski definition) is 1. The Balaban J connectivity index is 2.13. The van der Waals surface area contributed by atoms with Crippen LogP contribution >= 0.6 is 0 Å². The van der Waals surface area contributed by atoms with Crippen molar-refractivity contribution in [1.29, 1.82) is 0 Å². The summed E-state index contributed by atoms with van der Waals surface area (Å²) < 4.78 is 1.64. The van der Waals surface area contributed by atoms with Crippen LogP contribution < -0.4 is 5.32 Å². The number of aromatic nitrogens is 2. The molecule has 0 aliphatic carbocycles. The van der Waals surface area contributed by atoms with Crippen molar-refractivity contribution in [3.63, 3.8) is 0 Å². The minimum atomic E-state index is -0.0805. The number of rotatable bonds is 6. The molecule has 2 rings (SSSR count). The zero-order valence-corrected chi connectivity index (χ0v) is 14.7. The molecule has 0 fully saturated rings. The fraction of sp³-hybridized carbons (Fsp3) is 0.474. The summed E-state index contributed by atoms with van der Waals surface area (Å²) in [6.07, 6.45) is 4.41. The maximum Gasteiger partial charge on any atom is 0.254 e. The molecule has 124 valence electrons. The Morgan fingerprint density at radius 1 is 1.17 bits per heavy atom. The molecule has 1 heterocycles. The zero-order valence-electron chi connectivity index (χ0n) is 14.7. The molecule has 1 amide bonds. The van der Waals surface area contributed by atoms with E-state index in [2.05, 4.69) is 62.4 Å². The Morgan fingerprint density at radius 3 is 2.30 bits per heavy atom. The highest BCUT2D eigenvalue weighted by molar-refractivity contribution is 5.93. The van der Waals surface area contributed by atoms with Crippen molar-refractivity contribution in [2.45, 2.75) is 40.2 Å². The van der Waals surface area contributed by atoms with Gasteiger partial charge >= 0.3 is 0 Å². The van der Waals surface area contributed by atoms with E-state index < -0.39 is 0 Å². The first-order valence-corrected chi connectivity index (χ1v) is 8.25. The summed E-state index contributed by atoms with van der Waals surface area (Å²) in [5, 5.41) is 7.19. The number of benzene rings is 1. The molecule has 1 aromatic heterocycles. The number of nitrogens with one attached hydrogen (secondary N) is 1. The summed E-state index contributed by atoms with van der Waals surface area (Å²) in [7, 11) is 1.81. The van der Waals surface area contributed by atoms with Crippen LogP contribution in [-0.2, 0) is 13.5 Å². The number of amides is 1. The molecule has 0 saturated heterocycles. The van der Waals surface area contributed by atoms with Crippen LogP contribution in [0.5, 0.6) is 0 Å². The quantitative estimate of drug-likeness (QED) is 0.883. The number of nitrogens with zero attached hydrogens (tertiary/aromatic N) is 2. The second-order valence-electron chi connectivity index (χ2n) is 6.94. The van der Waals surface area contributed by atoms with Crippen LogP contribution in [0.25, 0.3) is 0 Å². The lowest BCUT2D eigenvalue weighted by atomic mass is 9.93. The average Bonchev–Trinajstić information content (AvgIpc) is 2.91. The molecule has 4 nitrogen and oxygen atoms in total. The van der Waals surface area contributed by atoms with Gasteiger partial charge in [-0.1, -0.05) is 52.0 Å². The normalized spacial score (nSPS) is 12.7. The van der Waals surface area contributed by atoms with Gasteiger partial charge in [0.15, 0.2) is 0 Å². The van der Waals surface area contributed by atoms with Crippen molar-refractivity contribution >= 4 is 5.91 Å². The van der Waals surface area contributed by atoms with E-state index in [1.165, 1.54) is 5.56 Å². The second kappa shape index (κ2) is 7.44. The molecule has 2 aromatic rings. The van der Waals surface area contributed by atoms with Gasteiger partial charge in [0, 0.05) is 13.2 Å². The zero-order chi connectivity index (χ0) is 17.0. The summed E-state index contributed by atoms with van der Waals surface area (Å²) >= 11 is 0. The molecular weight excluding hydrogens is 286 g/mol. The lowest BCUT2D eigenvalue weighted by molar-refractivity contribution is 0.0925. The van der Waals surface area contributed by atoms with E-state index in [-0.39, 0.29) is 11.9 Å². The van der Waals surface area contributed by atoms with Crippen LogP contribution in [0, 0.1) is 11.8 Å². The number of carbonyl (C=O) groups is 1. The molecule has 0 bridgehead atoms. The van der Waals surface area contributed by atoms with E-state index in [1.807, 2.05) is 7.05 Å². The Hall–Kier alpha value is -2.10. The van der Waals surface area contributed by atoms with Gasteiger partial charge < -0.3 is 5.32 Å². The Labute approximate surface area is 138 Å². The van der Waals surface area contributed by atoms with E-state index >= 15 is 0 Å². The fourth-order valence-electron chi connectivity index (χ4n) is 2.73. The minimum Gasteiger partial charge on any atom is -0.345 e. The van der Waals surface area contributed by atoms with Crippen LogP contribution in [-0.4, -0.2) is 15.7 Å². The molecule has 4 heteroatoms. The van der Waals surface area contributed by atoms with Crippen molar-refractivity contribution in [3.05, 3.63) is 53.3 Å². The maximum atomic E-state index is 12.4. The first-order valence-electron chi connectivity index (χ1n) is 8.25. The van der Waals surface area contributed by atoms with E-state index in [1.54, 1.807) is 17.1 Å². The molecule has 1 N–H and O–H groups in total. The monoisotopic (exact) mass is 313 g/mol. The highest BCUT2D eigenvalue weighted by atomic mass is 16.1. The standard InChI is InChI=1S/C19H27N3O/c1-13(2)10-15-6-8-16(9-7-15)18(14(3)4)21-19(23)17-11-20-22(5)12-17/h6-9,11-14,18H,10H2,1-5H3,(H,21,23)/t18-/m0/s1. The van der Waals surface area contributed by atoms with Crippen molar-refractivity contribution < 1.29 is 4.79 Å². The smallest absolute Gasteiger partial charge is 0.254 e. The van der Waals surface area contributed by atoms with Crippen LogP contribution in [0.15, 0.2) is 36.7 Å². The minimum absolute atomic E-state index is 0.00388. The van der Waals surface area contributed by atoms with Gasteiger partial charge in [-0.25, -0.2) is 0 Å². The van der Waals surface area contributed by atoms with Gasteiger partial charge in [-0.05, 0) is 29.4 Å². The first-order chi connectivity index (χ1) is 10.9. The molecule has 23 heavy (non-hydrogen) atoms. The van der Waals surface area contributed by atoms with E-state index in [4.69, 9.17) is 0 Å². The topological polar surface area (TPSA) is 46.9 Å². The Bertz CT molecular complexity index is 641. The van der Waals surface area contributed by atoms with Crippen LogP contribution in [0.3, 0.4) is 0 Å². The van der Waals surface area contributed by atoms with Crippen molar-refractivity contribution in [3.8, 4) is 0 Å². The highest BCUT2D eigenvalue weighted by Gasteiger charge is 2.20. The molecule has 0 spiro atoms. The third kappa shape index (κ3) is 4.68. The predicted molar refractivity (Wildman–Crippen MR) is 93.2 cm³/mol. The van der Waals surface area contributed by atoms with Crippen molar-refractivity contribution in [2.75, 3.05) is 0 Å². The molecular formula is C19H27N3O. The number of carbonyl (C=O) groups excluding carboxylic acids is 1. The van der Waals surface area contributed by atoms with Gasteiger partial charge in [-0.3, -0.25) is 9.48 Å². The summed E-state index contributed by atoms with van der Waals surface area (Å²) in [4.78, 5) is 12.4. The van der Waals surface area contributed by atoms with Gasteiger partial charge in [0.05, 0.1) is 17.8 Å². The van der Waals surface area contributed by atoms with Gasteiger partial charge in [0.25, 0.3) is 5.91 Å². The van der Waals surface area contributed by atoms with Crippen LogP contribution in [0.2, 0.25) is 0 Å². The summed E-state index contributed by atoms with van der Waals surface area (Å²) in [5.41, 5.74) is 3.07. The molecule has 0 unspecified atom stereocenters. The van der Waals surface area contributed by atoms with Crippen molar-refractivity contribution in [2.24, 2.45) is 18.9 Å². The maximum absolute atomic E-state index is 12.4. The molecule has 0 saturated carbocycles. The van der Waals surface area contributed by atoms with E-state index in [0.29, 0.717) is 17.4 Å². The summed E-state index contributed by atoms with van der Waals surface area (Å²) in [6.45, 7) is 8.68. The van der Waals surface area contributed by atoms with E-state index in [0.717, 1.165) is 12.0 Å². The third-order valence-corrected chi connectivity index (χ3v) is 3.90. The average molecular weight is 313 g/mol. The lowest BCUT2D eigenvalue weighted by Crippen LogP contribution is -2.31. The largest absolute Gasteiger partial charge is 0.345 e. The Morgan fingerprint density at radius 2 is 1.83 bits per heavy atom. The summed E-state index contributed by atoms with van der Waals surface area (Å²) in [6, 6.07) is 8.59. The third-order valence-electron chi connectivity index (χ3n) is 3.90. The number of aryl methyl sites for hydroxylation is 1. The molecule has 0 aliphatic rings. The van der Waals surface area contributed by atoms with Crippen LogP contribution in [0.1, 0.15) is 55.2 Å². The van der Waals surface area contributed by atoms with E-state index in [9.17, 15) is 4.79 Å². The molecule has 0 aliphatic heterocycles. The van der Waals surface area contributed by atoms with Gasteiger partial charge in [0.2, 0.25) is 0 Å². The van der Waals surface area contributed by atoms with Gasteiger partial charge in [0.1, 0.15) is 0 Å². The van der Waals surface area contributed by atoms with Crippen molar-refractivity contribution in [1.82, 2.24) is 15.1 Å². The van der Waals surface area contributed by atoms with Crippen LogP contribution in [0.4, 0.5) is 0 Å². The Kier molecular flexibility index (Phi) is 5.59. The predicted octanol–water partition coefficient (Wildman–Crippen LogP) is 3.75. The summed E-state index contributed by atoms with van der Waals surface area (Å²) in [5.74, 6) is 0.877. The molecule has 0 radical (unpaired) electrons. The fourth-order valence-corrected chi connectivity index (χ4v) is 2.73. The number of hydrogen-bond acceptors (Lipinski definition) is 2. The highest BCUT2D eigenvalue weighted by Crippen LogP contribution is 2.23. The SMILES string of the molecule is CC(C)Cc1ccc([C@@H](NC(=O)c2cnn(C)c2)C(C)C)cc1. The van der Waals surface area contributed by atoms with Gasteiger partial charge in [-0.15, -0.1) is 0 Å². The van der Waals surface area contributed by atoms with Gasteiger partial charge in [-0.2, -0.15) is 5.10 Å². The lowest BCUT2D eigenvalue weighted by Gasteiger charge is -2.23.